The summed E-state index contributed by atoms with van der Waals surface area (Å²) >= 11 is 1.57. The summed E-state index contributed by atoms with van der Waals surface area (Å²) < 4.78 is 18.7. The summed E-state index contributed by atoms with van der Waals surface area (Å²) in [6, 6.07) is 5.70. The first-order valence-corrected chi connectivity index (χ1v) is 8.78. The maximum atomic E-state index is 13.5. The van der Waals surface area contributed by atoms with Crippen LogP contribution in [0, 0.1) is 5.82 Å². The lowest BCUT2D eigenvalue weighted by Crippen LogP contribution is -2.27. The third kappa shape index (κ3) is 6.54. The number of thiophene rings is 1. The molecule has 2 aromatic rings. The first-order chi connectivity index (χ1) is 11.7. The van der Waals surface area contributed by atoms with Gasteiger partial charge in [-0.3, -0.25) is 10.1 Å². The molecule has 0 atom stereocenters. The molecule has 25 heavy (non-hydrogen) atoms. The average molecular weight is 364 g/mol. The van der Waals surface area contributed by atoms with Crippen molar-refractivity contribution in [3.63, 3.8) is 0 Å². The molecule has 0 aliphatic carbocycles. The van der Waals surface area contributed by atoms with E-state index in [2.05, 4.69) is 10.6 Å². The van der Waals surface area contributed by atoms with Crippen LogP contribution in [0.15, 0.2) is 35.0 Å². The van der Waals surface area contributed by atoms with Gasteiger partial charge in [-0.05, 0) is 67.8 Å². The van der Waals surface area contributed by atoms with Crippen molar-refractivity contribution in [2.75, 3.05) is 10.6 Å². The maximum Gasteiger partial charge on any atom is 0.412 e. The van der Waals surface area contributed by atoms with Crippen LogP contribution in [0.2, 0.25) is 0 Å². The van der Waals surface area contributed by atoms with Crippen LogP contribution in [0.1, 0.15) is 32.8 Å². The molecule has 134 valence electrons. The van der Waals surface area contributed by atoms with Gasteiger partial charge in [0.15, 0.2) is 0 Å². The Kier molecular flexibility index (Phi) is 6.14. The van der Waals surface area contributed by atoms with E-state index < -0.39 is 17.5 Å². The molecule has 0 fully saturated rings. The second kappa shape index (κ2) is 8.11. The molecule has 0 spiro atoms. The molecular formula is C18H21FN2O3S. The van der Waals surface area contributed by atoms with Crippen LogP contribution in [0.5, 0.6) is 0 Å². The molecule has 1 aromatic carbocycles. The number of carbonyl (C=O) groups is 2. The topological polar surface area (TPSA) is 67.4 Å². The number of anilines is 2. The molecule has 1 heterocycles. The number of aryl methyl sites for hydroxylation is 1. The number of amides is 2. The van der Waals surface area contributed by atoms with Crippen LogP contribution >= 0.6 is 11.3 Å². The van der Waals surface area contributed by atoms with Crippen LogP contribution in [-0.4, -0.2) is 17.6 Å². The summed E-state index contributed by atoms with van der Waals surface area (Å²) in [7, 11) is 0. The van der Waals surface area contributed by atoms with Gasteiger partial charge in [-0.25, -0.2) is 9.18 Å². The van der Waals surface area contributed by atoms with Gasteiger partial charge in [0.05, 0.1) is 11.4 Å². The minimum absolute atomic E-state index is 0.196. The van der Waals surface area contributed by atoms with Gasteiger partial charge in [0.2, 0.25) is 5.91 Å². The Bertz CT molecular complexity index is 739. The quantitative estimate of drug-likeness (QED) is 0.800. The van der Waals surface area contributed by atoms with Gasteiger partial charge in [-0.15, -0.1) is 0 Å². The number of rotatable bonds is 5. The third-order valence-corrected chi connectivity index (χ3v) is 3.84. The number of benzene rings is 1. The fourth-order valence-corrected chi connectivity index (χ4v) is 2.75. The molecule has 0 aliphatic rings. The average Bonchev–Trinajstić information content (AvgIpc) is 2.99. The van der Waals surface area contributed by atoms with Crippen LogP contribution in [0.3, 0.4) is 0 Å². The minimum atomic E-state index is -0.673. The lowest BCUT2D eigenvalue weighted by molar-refractivity contribution is -0.116. The van der Waals surface area contributed by atoms with Crippen LogP contribution in [0.4, 0.5) is 20.6 Å². The molecule has 5 nitrogen and oxygen atoms in total. The van der Waals surface area contributed by atoms with Crippen molar-refractivity contribution >= 4 is 34.7 Å². The Labute approximate surface area is 150 Å². The zero-order valence-electron chi connectivity index (χ0n) is 14.4. The SMILES string of the molecule is CC(C)(C)OC(=O)Nc1ccc(F)cc1NC(=O)CCc1ccsc1. The van der Waals surface area contributed by atoms with Crippen molar-refractivity contribution in [3.05, 3.63) is 46.4 Å². The van der Waals surface area contributed by atoms with E-state index in [9.17, 15) is 14.0 Å². The van der Waals surface area contributed by atoms with Gasteiger partial charge in [-0.1, -0.05) is 0 Å². The lowest BCUT2D eigenvalue weighted by atomic mass is 10.2. The van der Waals surface area contributed by atoms with Crippen molar-refractivity contribution in [1.29, 1.82) is 0 Å². The summed E-state index contributed by atoms with van der Waals surface area (Å²) in [5.41, 5.74) is 0.890. The Hall–Kier alpha value is -2.41. The van der Waals surface area contributed by atoms with Crippen molar-refractivity contribution in [3.8, 4) is 0 Å². The predicted octanol–water partition coefficient (Wildman–Crippen LogP) is 4.81. The summed E-state index contributed by atoms with van der Waals surface area (Å²) in [6.45, 7) is 5.22. The van der Waals surface area contributed by atoms with Crippen molar-refractivity contribution in [1.82, 2.24) is 0 Å². The molecule has 0 saturated heterocycles. The molecule has 7 heteroatoms. The maximum absolute atomic E-state index is 13.5. The second-order valence-electron chi connectivity index (χ2n) is 6.50. The van der Waals surface area contributed by atoms with Crippen LogP contribution < -0.4 is 10.6 Å². The smallest absolute Gasteiger partial charge is 0.412 e. The molecule has 2 amide bonds. The van der Waals surface area contributed by atoms with Gasteiger partial charge in [0.1, 0.15) is 11.4 Å². The highest BCUT2D eigenvalue weighted by atomic mass is 32.1. The zero-order valence-corrected chi connectivity index (χ0v) is 15.2. The molecule has 2 N–H and O–H groups in total. The van der Waals surface area contributed by atoms with Gasteiger partial charge in [0, 0.05) is 6.42 Å². The fourth-order valence-electron chi connectivity index (χ4n) is 2.05. The fraction of sp³-hybridized carbons (Fsp3) is 0.333. The van der Waals surface area contributed by atoms with E-state index in [-0.39, 0.29) is 23.7 Å². The zero-order chi connectivity index (χ0) is 18.4. The molecule has 0 saturated carbocycles. The van der Waals surface area contributed by atoms with Crippen LogP contribution in [0.25, 0.3) is 0 Å². The Morgan fingerprint density at radius 2 is 1.92 bits per heavy atom. The van der Waals surface area contributed by atoms with Gasteiger partial charge >= 0.3 is 6.09 Å². The summed E-state index contributed by atoms with van der Waals surface area (Å²) in [4.78, 5) is 24.0. The van der Waals surface area contributed by atoms with Crippen molar-refractivity contribution < 1.29 is 18.7 Å². The Morgan fingerprint density at radius 1 is 1.16 bits per heavy atom. The Balaban J connectivity index is 2.02. The highest BCUT2D eigenvalue weighted by Gasteiger charge is 2.18. The normalized spacial score (nSPS) is 11.0. The first kappa shape index (κ1) is 18.9. The van der Waals surface area contributed by atoms with Gasteiger partial charge in [-0.2, -0.15) is 11.3 Å². The molecule has 2 rings (SSSR count). The second-order valence-corrected chi connectivity index (χ2v) is 7.28. The number of nitrogens with one attached hydrogen (secondary N) is 2. The minimum Gasteiger partial charge on any atom is -0.444 e. The third-order valence-electron chi connectivity index (χ3n) is 3.11. The molecule has 0 unspecified atom stereocenters. The van der Waals surface area contributed by atoms with E-state index in [4.69, 9.17) is 4.74 Å². The number of hydrogen-bond donors (Lipinski definition) is 2. The van der Waals surface area contributed by atoms with E-state index in [1.54, 1.807) is 32.1 Å². The van der Waals surface area contributed by atoms with Crippen molar-refractivity contribution in [2.24, 2.45) is 0 Å². The van der Waals surface area contributed by atoms with E-state index in [0.717, 1.165) is 11.6 Å². The largest absolute Gasteiger partial charge is 0.444 e. The van der Waals surface area contributed by atoms with Gasteiger partial charge < -0.3 is 10.1 Å². The lowest BCUT2D eigenvalue weighted by Gasteiger charge is -2.20. The van der Waals surface area contributed by atoms with Crippen molar-refractivity contribution in [2.45, 2.75) is 39.2 Å². The molecule has 0 aliphatic heterocycles. The number of halogens is 1. The summed E-state index contributed by atoms with van der Waals surface area (Å²) in [5.74, 6) is -0.771. The van der Waals surface area contributed by atoms with Gasteiger partial charge in [0.25, 0.3) is 0 Å². The van der Waals surface area contributed by atoms with E-state index in [1.165, 1.54) is 12.1 Å². The van der Waals surface area contributed by atoms with E-state index >= 15 is 0 Å². The molecule has 1 aromatic heterocycles. The number of carbonyl (C=O) groups excluding carboxylic acids is 2. The molecular weight excluding hydrogens is 343 g/mol. The van der Waals surface area contributed by atoms with E-state index in [0.29, 0.717) is 6.42 Å². The molecule has 0 bridgehead atoms. The number of ether oxygens (including phenoxy) is 1. The summed E-state index contributed by atoms with van der Waals surface area (Å²) in [6.07, 6.45) is 0.186. The monoisotopic (exact) mass is 364 g/mol. The van der Waals surface area contributed by atoms with Crippen LogP contribution in [-0.2, 0) is 16.0 Å². The highest BCUT2D eigenvalue weighted by molar-refractivity contribution is 7.07. The standard InChI is InChI=1S/C18H21FN2O3S/c1-18(2,3)24-17(23)21-14-6-5-13(19)10-15(14)20-16(22)7-4-12-8-9-25-11-12/h5-6,8-11H,4,7H2,1-3H3,(H,20,22)(H,21,23). The highest BCUT2D eigenvalue weighted by Crippen LogP contribution is 2.24. The Morgan fingerprint density at radius 3 is 2.56 bits per heavy atom. The number of hydrogen-bond acceptors (Lipinski definition) is 4. The molecule has 0 radical (unpaired) electrons. The summed E-state index contributed by atoms with van der Waals surface area (Å²) in [5, 5.41) is 9.09. The van der Waals surface area contributed by atoms with E-state index in [1.807, 2.05) is 16.8 Å². The predicted molar refractivity (Wildman–Crippen MR) is 97.5 cm³/mol. The first-order valence-electron chi connectivity index (χ1n) is 7.83.